The van der Waals surface area contributed by atoms with E-state index in [0.29, 0.717) is 18.4 Å². The van der Waals surface area contributed by atoms with E-state index in [0.717, 1.165) is 4.57 Å². The second-order valence-electron chi connectivity index (χ2n) is 5.00. The minimum absolute atomic E-state index is 0.285. The third-order valence-electron chi connectivity index (χ3n) is 3.42. The van der Waals surface area contributed by atoms with Crippen LogP contribution in [-0.4, -0.2) is 43.9 Å². The van der Waals surface area contributed by atoms with Crippen LogP contribution in [0.1, 0.15) is 18.4 Å². The van der Waals surface area contributed by atoms with Crippen molar-refractivity contribution < 1.29 is 15.0 Å². The maximum atomic E-state index is 11.8. The topological polar surface area (TPSA) is 124 Å². The Bertz CT molecular complexity index is 610. The summed E-state index contributed by atoms with van der Waals surface area (Å²) in [5.74, 6) is -0.511. The van der Waals surface area contributed by atoms with Crippen molar-refractivity contribution in [2.24, 2.45) is 0 Å². The molecule has 0 aromatic carbocycles. The first-order valence-electron chi connectivity index (χ1n) is 6.34. The van der Waals surface area contributed by atoms with Crippen LogP contribution in [-0.2, 0) is 11.3 Å². The van der Waals surface area contributed by atoms with Gasteiger partial charge in [-0.25, -0.2) is 4.79 Å². The summed E-state index contributed by atoms with van der Waals surface area (Å²) >= 11 is 0. The van der Waals surface area contributed by atoms with E-state index in [1.807, 2.05) is 0 Å². The Kier molecular flexibility index (Phi) is 4.05. The van der Waals surface area contributed by atoms with E-state index in [1.54, 1.807) is 0 Å². The van der Waals surface area contributed by atoms with Crippen LogP contribution in [0.25, 0.3) is 0 Å². The molecule has 0 bridgehead atoms. The highest BCUT2D eigenvalue weighted by atomic mass is 16.3. The zero-order valence-corrected chi connectivity index (χ0v) is 11.0. The molecule has 1 heterocycles. The summed E-state index contributed by atoms with van der Waals surface area (Å²) in [6.45, 7) is 1.24. The Labute approximate surface area is 114 Å². The molecule has 4 N–H and O–H groups in total. The van der Waals surface area contributed by atoms with Gasteiger partial charge in [-0.15, -0.1) is 0 Å². The molecule has 0 spiro atoms. The lowest BCUT2D eigenvalue weighted by atomic mass is 10.2. The minimum Gasteiger partial charge on any atom is -0.391 e. The van der Waals surface area contributed by atoms with Crippen molar-refractivity contribution in [2.75, 3.05) is 0 Å². The number of H-pyrrole nitrogens is 1. The van der Waals surface area contributed by atoms with Gasteiger partial charge in [0.15, 0.2) is 0 Å². The zero-order valence-electron chi connectivity index (χ0n) is 11.0. The summed E-state index contributed by atoms with van der Waals surface area (Å²) in [6.07, 6.45) is 0.557. The first-order chi connectivity index (χ1) is 9.38. The van der Waals surface area contributed by atoms with E-state index < -0.39 is 35.4 Å². The first kappa shape index (κ1) is 14.5. The number of aromatic amines is 1. The van der Waals surface area contributed by atoms with Gasteiger partial charge in [-0.1, -0.05) is 0 Å². The summed E-state index contributed by atoms with van der Waals surface area (Å²) in [7, 11) is 0. The fourth-order valence-corrected chi connectivity index (χ4v) is 2.27. The maximum Gasteiger partial charge on any atom is 0.328 e. The average molecular weight is 283 g/mol. The van der Waals surface area contributed by atoms with Crippen LogP contribution in [0.15, 0.2) is 15.8 Å². The number of carbonyl (C=O) groups is 1. The average Bonchev–Trinajstić information content (AvgIpc) is 2.68. The van der Waals surface area contributed by atoms with Crippen LogP contribution >= 0.6 is 0 Å². The van der Waals surface area contributed by atoms with Gasteiger partial charge in [0, 0.05) is 11.8 Å². The van der Waals surface area contributed by atoms with Crippen LogP contribution in [0, 0.1) is 6.92 Å². The van der Waals surface area contributed by atoms with Gasteiger partial charge < -0.3 is 15.5 Å². The van der Waals surface area contributed by atoms with E-state index in [1.165, 1.54) is 13.1 Å². The number of aliphatic hydroxyl groups is 2. The molecule has 2 rings (SSSR count). The maximum absolute atomic E-state index is 11.8. The Balaban J connectivity index is 2.07. The highest BCUT2D eigenvalue weighted by Gasteiger charge is 2.34. The van der Waals surface area contributed by atoms with Crippen molar-refractivity contribution in [1.82, 2.24) is 14.9 Å². The fourth-order valence-electron chi connectivity index (χ4n) is 2.27. The van der Waals surface area contributed by atoms with Gasteiger partial charge in [-0.2, -0.15) is 0 Å². The lowest BCUT2D eigenvalue weighted by Gasteiger charge is -2.20. The molecule has 110 valence electrons. The van der Waals surface area contributed by atoms with Crippen molar-refractivity contribution in [2.45, 2.75) is 44.6 Å². The molecule has 0 unspecified atom stereocenters. The van der Waals surface area contributed by atoms with Gasteiger partial charge in [0.1, 0.15) is 6.54 Å². The van der Waals surface area contributed by atoms with Crippen LogP contribution in [0.3, 0.4) is 0 Å². The summed E-state index contributed by atoms with van der Waals surface area (Å²) in [4.78, 5) is 36.6. The Morgan fingerprint density at radius 2 is 2.00 bits per heavy atom. The number of carbonyl (C=O) groups excluding carboxylic acids is 1. The summed E-state index contributed by atoms with van der Waals surface area (Å²) in [5, 5.41) is 21.7. The summed E-state index contributed by atoms with van der Waals surface area (Å²) in [6, 6.07) is -0.720. The van der Waals surface area contributed by atoms with Crippen molar-refractivity contribution >= 4 is 5.91 Å². The number of nitrogens with one attached hydrogen (secondary N) is 2. The molecule has 1 aromatic heterocycles. The molecule has 1 saturated carbocycles. The number of nitrogens with zero attached hydrogens (tertiary/aromatic N) is 1. The van der Waals surface area contributed by atoms with Gasteiger partial charge in [0.05, 0.1) is 18.2 Å². The number of aryl methyl sites for hydroxylation is 1. The molecular weight excluding hydrogens is 266 g/mol. The van der Waals surface area contributed by atoms with E-state index >= 15 is 0 Å². The monoisotopic (exact) mass is 283 g/mol. The fraction of sp³-hybridized carbons (Fsp3) is 0.583. The van der Waals surface area contributed by atoms with Crippen molar-refractivity contribution in [1.29, 1.82) is 0 Å². The Morgan fingerprint density at radius 3 is 2.60 bits per heavy atom. The number of rotatable bonds is 3. The summed E-state index contributed by atoms with van der Waals surface area (Å²) < 4.78 is 1.07. The van der Waals surface area contributed by atoms with Crippen LogP contribution in [0.5, 0.6) is 0 Å². The van der Waals surface area contributed by atoms with Gasteiger partial charge in [-0.05, 0) is 19.8 Å². The molecule has 2 atom stereocenters. The molecule has 1 amide bonds. The lowest BCUT2D eigenvalue weighted by molar-refractivity contribution is -0.124. The number of amides is 1. The number of hydrogen-bond donors (Lipinski definition) is 4. The quantitative estimate of drug-likeness (QED) is 0.503. The van der Waals surface area contributed by atoms with E-state index in [9.17, 15) is 24.6 Å². The van der Waals surface area contributed by atoms with Crippen molar-refractivity contribution in [3.05, 3.63) is 32.6 Å². The zero-order chi connectivity index (χ0) is 14.9. The Morgan fingerprint density at radius 1 is 1.40 bits per heavy atom. The third-order valence-corrected chi connectivity index (χ3v) is 3.42. The summed E-state index contributed by atoms with van der Waals surface area (Å²) in [5.41, 5.74) is -0.852. The number of aromatic nitrogens is 2. The normalized spacial score (nSPS) is 22.9. The molecule has 0 aliphatic heterocycles. The Hall–Kier alpha value is -1.93. The highest BCUT2D eigenvalue weighted by molar-refractivity contribution is 5.76. The predicted molar refractivity (Wildman–Crippen MR) is 69.2 cm³/mol. The van der Waals surface area contributed by atoms with Crippen LogP contribution in [0.2, 0.25) is 0 Å². The van der Waals surface area contributed by atoms with Gasteiger partial charge in [0.2, 0.25) is 5.91 Å². The third kappa shape index (κ3) is 2.97. The predicted octanol–water partition coefficient (Wildman–Crippen LogP) is -2.15. The van der Waals surface area contributed by atoms with E-state index in [4.69, 9.17) is 0 Å². The van der Waals surface area contributed by atoms with Gasteiger partial charge in [-0.3, -0.25) is 19.1 Å². The molecule has 20 heavy (non-hydrogen) atoms. The molecule has 1 aromatic rings. The van der Waals surface area contributed by atoms with E-state index in [2.05, 4.69) is 10.3 Å². The van der Waals surface area contributed by atoms with Gasteiger partial charge in [0.25, 0.3) is 5.56 Å². The second kappa shape index (κ2) is 5.59. The van der Waals surface area contributed by atoms with Crippen LogP contribution < -0.4 is 16.6 Å². The van der Waals surface area contributed by atoms with Gasteiger partial charge >= 0.3 is 5.69 Å². The van der Waals surface area contributed by atoms with E-state index in [-0.39, 0.29) is 6.54 Å². The highest BCUT2D eigenvalue weighted by Crippen LogP contribution is 2.19. The minimum atomic E-state index is -0.789. The van der Waals surface area contributed by atoms with Crippen molar-refractivity contribution in [3.8, 4) is 0 Å². The molecule has 1 aliphatic rings. The largest absolute Gasteiger partial charge is 0.391 e. The molecule has 0 radical (unpaired) electrons. The molecule has 8 nitrogen and oxygen atoms in total. The SMILES string of the molecule is Cc1cn(CC(=O)NC2[C@H](O)CC[C@H]2O)c(=O)[nH]c1=O. The smallest absolute Gasteiger partial charge is 0.328 e. The van der Waals surface area contributed by atoms with Crippen LogP contribution in [0.4, 0.5) is 0 Å². The first-order valence-corrected chi connectivity index (χ1v) is 6.34. The molecule has 1 fully saturated rings. The van der Waals surface area contributed by atoms with Crippen molar-refractivity contribution in [3.63, 3.8) is 0 Å². The molecular formula is C12H17N3O5. The number of hydrogen-bond acceptors (Lipinski definition) is 5. The molecule has 8 heteroatoms. The second-order valence-corrected chi connectivity index (χ2v) is 5.00. The lowest BCUT2D eigenvalue weighted by Crippen LogP contribution is -2.48. The number of aliphatic hydroxyl groups excluding tert-OH is 2. The standard InChI is InChI=1S/C12H17N3O5/c1-6-4-15(12(20)14-11(6)19)5-9(18)13-10-7(16)2-3-8(10)17/h4,7-8,10,16-17H,2-3,5H2,1H3,(H,13,18)(H,14,19,20)/t7-,8-/m1/s1. The molecule has 1 aliphatic carbocycles. The molecule has 0 saturated heterocycles.